The molecule has 1 aliphatic heterocycles. The molecule has 1 amide bonds. The number of aromatic nitrogens is 1. The van der Waals surface area contributed by atoms with Gasteiger partial charge in [-0.05, 0) is 37.3 Å². The van der Waals surface area contributed by atoms with Gasteiger partial charge in [0.25, 0.3) is 0 Å². The van der Waals surface area contributed by atoms with Crippen LogP contribution in [0.25, 0.3) is 9.88 Å². The number of carboxylic acids is 1. The van der Waals surface area contributed by atoms with E-state index in [0.29, 0.717) is 19.4 Å². The number of piperidine rings is 1. The van der Waals surface area contributed by atoms with E-state index in [2.05, 4.69) is 4.98 Å². The molecule has 2 aromatic heterocycles. The minimum absolute atomic E-state index is 0.0705. The highest BCUT2D eigenvalue weighted by molar-refractivity contribution is 7.23. The van der Waals surface area contributed by atoms with E-state index < -0.39 is 5.97 Å². The highest BCUT2D eigenvalue weighted by Gasteiger charge is 2.24. The average molecular weight is 399 g/mol. The molecule has 0 saturated carbocycles. The zero-order valence-corrected chi connectivity index (χ0v) is 16.0. The minimum atomic E-state index is -0.771. The van der Waals surface area contributed by atoms with Crippen LogP contribution in [0.2, 0.25) is 4.34 Å². The molecular formula is C17H19ClN2O3S2. The Kier molecular flexibility index (Phi) is 6.09. The van der Waals surface area contributed by atoms with Gasteiger partial charge in [-0.15, -0.1) is 22.7 Å². The predicted octanol–water partition coefficient (Wildman–Crippen LogP) is 4.17. The first kappa shape index (κ1) is 18.4. The summed E-state index contributed by atoms with van der Waals surface area (Å²) in [5.74, 6) is -0.415. The molecule has 1 atom stereocenters. The van der Waals surface area contributed by atoms with Crippen LogP contribution in [0.1, 0.15) is 31.4 Å². The Morgan fingerprint density at radius 2 is 2.24 bits per heavy atom. The summed E-state index contributed by atoms with van der Waals surface area (Å²) in [4.78, 5) is 30.7. The molecule has 1 saturated heterocycles. The maximum Gasteiger partial charge on any atom is 0.303 e. The second-order valence-electron chi connectivity index (χ2n) is 6.20. The number of thiophene rings is 1. The first-order valence-corrected chi connectivity index (χ1v) is 10.3. The van der Waals surface area contributed by atoms with Crippen LogP contribution in [0.3, 0.4) is 0 Å². The number of hydrogen-bond acceptors (Lipinski definition) is 5. The monoisotopic (exact) mass is 398 g/mol. The van der Waals surface area contributed by atoms with Gasteiger partial charge in [-0.1, -0.05) is 11.6 Å². The summed E-state index contributed by atoms with van der Waals surface area (Å²) in [6.07, 6.45) is 3.04. The molecule has 0 unspecified atom stereocenters. The molecule has 3 heterocycles. The van der Waals surface area contributed by atoms with Crippen molar-refractivity contribution in [1.82, 2.24) is 9.88 Å². The largest absolute Gasteiger partial charge is 0.481 e. The molecule has 25 heavy (non-hydrogen) atoms. The van der Waals surface area contributed by atoms with Crippen molar-refractivity contribution < 1.29 is 14.7 Å². The van der Waals surface area contributed by atoms with Crippen molar-refractivity contribution >= 4 is 46.2 Å². The van der Waals surface area contributed by atoms with Crippen molar-refractivity contribution in [2.24, 2.45) is 5.92 Å². The molecular weight excluding hydrogens is 380 g/mol. The Bertz CT molecular complexity index is 759. The van der Waals surface area contributed by atoms with E-state index in [0.717, 1.165) is 39.3 Å². The molecule has 0 bridgehead atoms. The third-order valence-corrected chi connectivity index (χ3v) is 6.60. The van der Waals surface area contributed by atoms with E-state index in [4.69, 9.17) is 16.7 Å². The van der Waals surface area contributed by atoms with Crippen LogP contribution < -0.4 is 0 Å². The molecule has 134 valence electrons. The number of carboxylic acid groups (broad SMARTS) is 1. The third kappa shape index (κ3) is 5.03. The normalized spacial score (nSPS) is 17.6. The van der Waals surface area contributed by atoms with Gasteiger partial charge in [-0.3, -0.25) is 9.59 Å². The molecule has 8 heteroatoms. The van der Waals surface area contributed by atoms with Gasteiger partial charge in [0.05, 0.1) is 21.3 Å². The number of likely N-dealkylation sites (tertiary alicyclic amines) is 1. The van der Waals surface area contributed by atoms with E-state index in [1.807, 2.05) is 22.4 Å². The van der Waals surface area contributed by atoms with E-state index >= 15 is 0 Å². The summed E-state index contributed by atoms with van der Waals surface area (Å²) >= 11 is 8.96. The van der Waals surface area contributed by atoms with Crippen LogP contribution in [0, 0.1) is 5.92 Å². The van der Waals surface area contributed by atoms with Crippen LogP contribution in [-0.4, -0.2) is 40.0 Å². The highest BCUT2D eigenvalue weighted by Crippen LogP contribution is 2.33. The van der Waals surface area contributed by atoms with Gasteiger partial charge >= 0.3 is 5.97 Å². The quantitative estimate of drug-likeness (QED) is 0.792. The fourth-order valence-corrected chi connectivity index (χ4v) is 4.99. The molecule has 0 aromatic carbocycles. The van der Waals surface area contributed by atoms with E-state index in [-0.39, 0.29) is 18.2 Å². The van der Waals surface area contributed by atoms with Gasteiger partial charge in [0.2, 0.25) is 5.91 Å². The SMILES string of the molecule is O=C(O)CC[C@@H]1CCCN(C(=O)Cc2csc(-c3ccc(Cl)s3)n2)C1. The lowest BCUT2D eigenvalue weighted by atomic mass is 9.93. The maximum absolute atomic E-state index is 12.6. The molecule has 5 nitrogen and oxygen atoms in total. The fraction of sp³-hybridized carbons (Fsp3) is 0.471. The fourth-order valence-electron chi connectivity index (χ4n) is 3.05. The minimum Gasteiger partial charge on any atom is -0.481 e. The predicted molar refractivity (Wildman–Crippen MR) is 100 cm³/mol. The van der Waals surface area contributed by atoms with E-state index in [1.54, 1.807) is 0 Å². The number of carbonyl (C=O) groups is 2. The summed E-state index contributed by atoms with van der Waals surface area (Å²) in [7, 11) is 0. The van der Waals surface area contributed by atoms with Gasteiger partial charge in [-0.25, -0.2) is 4.98 Å². The molecule has 3 rings (SSSR count). The number of halogens is 1. The van der Waals surface area contributed by atoms with Crippen LogP contribution in [0.5, 0.6) is 0 Å². The molecule has 1 fully saturated rings. The Hall–Kier alpha value is -1.44. The molecule has 1 aliphatic rings. The van der Waals surface area contributed by atoms with Crippen LogP contribution >= 0.6 is 34.3 Å². The summed E-state index contributed by atoms with van der Waals surface area (Å²) in [6, 6.07) is 3.79. The summed E-state index contributed by atoms with van der Waals surface area (Å²) in [5, 5.41) is 11.6. The molecule has 0 spiro atoms. The second kappa shape index (κ2) is 8.29. The first-order valence-electron chi connectivity index (χ1n) is 8.21. The number of amides is 1. The lowest BCUT2D eigenvalue weighted by molar-refractivity contribution is -0.137. The molecule has 0 radical (unpaired) electrons. The topological polar surface area (TPSA) is 70.5 Å². The molecule has 1 N–H and O–H groups in total. The van der Waals surface area contributed by atoms with Crippen molar-refractivity contribution in [2.45, 2.75) is 32.1 Å². The first-order chi connectivity index (χ1) is 12.0. The van der Waals surface area contributed by atoms with Crippen molar-refractivity contribution in [3.63, 3.8) is 0 Å². The van der Waals surface area contributed by atoms with Crippen molar-refractivity contribution in [3.8, 4) is 9.88 Å². The second-order valence-corrected chi connectivity index (χ2v) is 8.78. The summed E-state index contributed by atoms with van der Waals surface area (Å²) < 4.78 is 0.726. The molecule has 2 aromatic rings. The zero-order valence-electron chi connectivity index (χ0n) is 13.6. The Labute approximate surface area is 159 Å². The number of carbonyl (C=O) groups excluding carboxylic acids is 1. The Morgan fingerprint density at radius 3 is 2.96 bits per heavy atom. The smallest absolute Gasteiger partial charge is 0.303 e. The Morgan fingerprint density at radius 1 is 1.40 bits per heavy atom. The number of thiazole rings is 1. The number of nitrogens with zero attached hydrogens (tertiary/aromatic N) is 2. The number of rotatable bonds is 6. The Balaban J connectivity index is 1.56. The van der Waals surface area contributed by atoms with Crippen LogP contribution in [0.4, 0.5) is 0 Å². The van der Waals surface area contributed by atoms with Gasteiger partial charge < -0.3 is 10.0 Å². The van der Waals surface area contributed by atoms with Crippen molar-refractivity contribution in [2.75, 3.05) is 13.1 Å². The van der Waals surface area contributed by atoms with Crippen molar-refractivity contribution in [1.29, 1.82) is 0 Å². The van der Waals surface area contributed by atoms with Gasteiger partial charge in [-0.2, -0.15) is 0 Å². The number of hydrogen-bond donors (Lipinski definition) is 1. The lowest BCUT2D eigenvalue weighted by Crippen LogP contribution is -2.40. The average Bonchev–Trinajstić information content (AvgIpc) is 3.22. The van der Waals surface area contributed by atoms with Gasteiger partial charge in [0.15, 0.2) is 0 Å². The standard InChI is InChI=1S/C17H19ClN2O3S2/c18-14-5-4-13(25-14)17-19-12(10-24-17)8-15(21)20-7-1-2-11(9-20)3-6-16(22)23/h4-5,10-11H,1-3,6-9H2,(H,22,23)/t11-/m0/s1. The lowest BCUT2D eigenvalue weighted by Gasteiger charge is -2.32. The third-order valence-electron chi connectivity index (χ3n) is 4.31. The summed E-state index contributed by atoms with van der Waals surface area (Å²) in [5.41, 5.74) is 0.780. The number of aliphatic carboxylic acids is 1. The maximum atomic E-state index is 12.6. The van der Waals surface area contributed by atoms with Gasteiger partial charge in [0.1, 0.15) is 5.01 Å². The molecule has 0 aliphatic carbocycles. The van der Waals surface area contributed by atoms with Crippen LogP contribution in [0.15, 0.2) is 17.5 Å². The van der Waals surface area contributed by atoms with E-state index in [9.17, 15) is 9.59 Å². The van der Waals surface area contributed by atoms with Gasteiger partial charge in [0, 0.05) is 24.9 Å². The van der Waals surface area contributed by atoms with Crippen LogP contribution in [-0.2, 0) is 16.0 Å². The van der Waals surface area contributed by atoms with Crippen molar-refractivity contribution in [3.05, 3.63) is 27.5 Å². The highest BCUT2D eigenvalue weighted by atomic mass is 35.5. The zero-order chi connectivity index (χ0) is 17.8. The summed E-state index contributed by atoms with van der Waals surface area (Å²) in [6.45, 7) is 1.41. The van der Waals surface area contributed by atoms with E-state index in [1.165, 1.54) is 22.7 Å².